The lowest BCUT2D eigenvalue weighted by molar-refractivity contribution is -0.122. The minimum atomic E-state index is -4.00. The van der Waals surface area contributed by atoms with Gasteiger partial charge in [-0.15, -0.1) is 0 Å². The molecule has 0 saturated heterocycles. The van der Waals surface area contributed by atoms with Gasteiger partial charge in [0.2, 0.25) is 0 Å². The minimum Gasteiger partial charge on any atom is -0.477 e. The Hall–Kier alpha value is -2.43. The van der Waals surface area contributed by atoms with Gasteiger partial charge in [0.1, 0.15) is 5.75 Å². The third-order valence-electron chi connectivity index (χ3n) is 4.35. The summed E-state index contributed by atoms with van der Waals surface area (Å²) in [4.78, 5) is 12.6. The standard InChI is InChI=1S/C21H22NO4PS/c1-13-10-14(2)19(15(3)11-13)28(24,25)22-20(23)21(27)26-18-9-8-16-6-4-5-7-17(16)12-18/h4-12,21H,27H2,1-3H3,(H,22,23). The highest BCUT2D eigenvalue weighted by molar-refractivity contribution is 7.90. The predicted molar refractivity (Wildman–Crippen MR) is 114 cm³/mol. The van der Waals surface area contributed by atoms with Crippen molar-refractivity contribution in [2.75, 3.05) is 0 Å². The second-order valence-electron chi connectivity index (χ2n) is 6.74. The van der Waals surface area contributed by atoms with E-state index in [4.69, 9.17) is 4.74 Å². The molecule has 1 N–H and O–H groups in total. The molecule has 7 heteroatoms. The summed E-state index contributed by atoms with van der Waals surface area (Å²) in [6.07, 6.45) is 0. The van der Waals surface area contributed by atoms with Crippen LogP contribution in [0.15, 0.2) is 59.5 Å². The van der Waals surface area contributed by atoms with E-state index in [1.807, 2.05) is 43.3 Å². The number of ether oxygens (including phenoxy) is 1. The number of carbonyl (C=O) groups is 1. The van der Waals surface area contributed by atoms with Gasteiger partial charge in [0.05, 0.1) is 4.90 Å². The highest BCUT2D eigenvalue weighted by atomic mass is 32.2. The first-order valence-electron chi connectivity index (χ1n) is 8.73. The van der Waals surface area contributed by atoms with E-state index >= 15 is 0 Å². The van der Waals surface area contributed by atoms with Gasteiger partial charge in [-0.2, -0.15) is 0 Å². The number of hydrogen-bond acceptors (Lipinski definition) is 4. The average molecular weight is 415 g/mol. The van der Waals surface area contributed by atoms with E-state index in [1.165, 1.54) is 0 Å². The van der Waals surface area contributed by atoms with E-state index in [1.54, 1.807) is 32.0 Å². The smallest absolute Gasteiger partial charge is 0.278 e. The molecule has 0 fully saturated rings. The van der Waals surface area contributed by atoms with Gasteiger partial charge in [0, 0.05) is 0 Å². The summed E-state index contributed by atoms with van der Waals surface area (Å²) in [5.41, 5.74) is 2.14. The van der Waals surface area contributed by atoms with Crippen LogP contribution in [0.5, 0.6) is 5.75 Å². The molecule has 1 amide bonds. The summed E-state index contributed by atoms with van der Waals surface area (Å²) >= 11 is 0. The van der Waals surface area contributed by atoms with Crippen molar-refractivity contribution in [2.24, 2.45) is 0 Å². The monoisotopic (exact) mass is 415 g/mol. The number of fused-ring (bicyclic) bond motifs is 1. The molecule has 0 saturated carbocycles. The summed E-state index contributed by atoms with van der Waals surface area (Å²) < 4.78 is 33.2. The van der Waals surface area contributed by atoms with Crippen LogP contribution >= 0.6 is 9.24 Å². The number of carbonyl (C=O) groups excluding carboxylic acids is 1. The molecule has 0 spiro atoms. The molecule has 0 aliphatic carbocycles. The molecule has 3 rings (SSSR count). The van der Waals surface area contributed by atoms with Crippen LogP contribution in [0.4, 0.5) is 0 Å². The van der Waals surface area contributed by atoms with Gasteiger partial charge in [-0.25, -0.2) is 13.1 Å². The number of sulfonamides is 1. The fraction of sp³-hybridized carbons (Fsp3) is 0.190. The first-order valence-corrected chi connectivity index (χ1v) is 10.9. The van der Waals surface area contributed by atoms with Crippen LogP contribution in [0.1, 0.15) is 16.7 Å². The minimum absolute atomic E-state index is 0.120. The maximum Gasteiger partial charge on any atom is 0.278 e. The Labute approximate surface area is 167 Å². The number of aryl methyl sites for hydroxylation is 3. The first kappa shape index (κ1) is 20.3. The Bertz CT molecular complexity index is 1140. The zero-order valence-electron chi connectivity index (χ0n) is 15.9. The van der Waals surface area contributed by atoms with Gasteiger partial charge in [-0.1, -0.05) is 57.3 Å². The van der Waals surface area contributed by atoms with Gasteiger partial charge in [-0.3, -0.25) is 4.79 Å². The Morgan fingerprint density at radius 1 is 0.964 bits per heavy atom. The van der Waals surface area contributed by atoms with E-state index < -0.39 is 21.8 Å². The molecule has 0 radical (unpaired) electrons. The number of amides is 1. The van der Waals surface area contributed by atoms with E-state index in [0.717, 1.165) is 16.3 Å². The van der Waals surface area contributed by atoms with Crippen LogP contribution in [0.3, 0.4) is 0 Å². The second-order valence-corrected chi connectivity index (χ2v) is 8.97. The Balaban J connectivity index is 1.77. The zero-order valence-corrected chi connectivity index (χ0v) is 17.9. The van der Waals surface area contributed by atoms with Crippen molar-refractivity contribution in [1.82, 2.24) is 4.72 Å². The summed E-state index contributed by atoms with van der Waals surface area (Å²) in [6.45, 7) is 5.32. The normalized spacial score (nSPS) is 12.6. The van der Waals surface area contributed by atoms with Crippen molar-refractivity contribution in [3.63, 3.8) is 0 Å². The molecule has 0 aliphatic heterocycles. The lowest BCUT2D eigenvalue weighted by Gasteiger charge is -2.17. The fourth-order valence-corrected chi connectivity index (χ4v) is 5.08. The van der Waals surface area contributed by atoms with E-state index in [2.05, 4.69) is 14.0 Å². The van der Waals surface area contributed by atoms with Crippen LogP contribution < -0.4 is 9.46 Å². The summed E-state index contributed by atoms with van der Waals surface area (Å²) in [5, 5.41) is 2.02. The molecule has 0 bridgehead atoms. The van der Waals surface area contributed by atoms with Crippen molar-refractivity contribution in [3.8, 4) is 5.75 Å². The van der Waals surface area contributed by atoms with Gasteiger partial charge in [0.15, 0.2) is 5.85 Å². The van der Waals surface area contributed by atoms with Crippen LogP contribution in [0.25, 0.3) is 10.8 Å². The molecule has 3 aromatic rings. The molecule has 0 aromatic heterocycles. The first-order chi connectivity index (χ1) is 13.2. The predicted octanol–water partition coefficient (Wildman–Crippen LogP) is 3.85. The molecule has 0 heterocycles. The van der Waals surface area contributed by atoms with Crippen LogP contribution in [0, 0.1) is 20.8 Å². The number of nitrogens with one attached hydrogen (secondary N) is 1. The van der Waals surface area contributed by atoms with E-state index in [9.17, 15) is 13.2 Å². The third-order valence-corrected chi connectivity index (χ3v) is 6.44. The quantitative estimate of drug-likeness (QED) is 0.643. The molecule has 2 unspecified atom stereocenters. The lowest BCUT2D eigenvalue weighted by atomic mass is 10.1. The maximum absolute atomic E-state index is 12.7. The second kappa shape index (κ2) is 7.90. The highest BCUT2D eigenvalue weighted by Gasteiger charge is 2.26. The molecule has 146 valence electrons. The average Bonchev–Trinajstić information content (AvgIpc) is 2.59. The topological polar surface area (TPSA) is 72.5 Å². The van der Waals surface area contributed by atoms with Crippen LogP contribution in [-0.2, 0) is 14.8 Å². The Kier molecular flexibility index (Phi) is 5.73. The van der Waals surface area contributed by atoms with Gasteiger partial charge < -0.3 is 4.74 Å². The third kappa shape index (κ3) is 4.34. The van der Waals surface area contributed by atoms with Crippen molar-refractivity contribution in [1.29, 1.82) is 0 Å². The molecule has 28 heavy (non-hydrogen) atoms. The number of benzene rings is 3. The van der Waals surface area contributed by atoms with E-state index in [-0.39, 0.29) is 4.90 Å². The fourth-order valence-electron chi connectivity index (χ4n) is 3.27. The van der Waals surface area contributed by atoms with Crippen molar-refractivity contribution >= 4 is 35.9 Å². The number of rotatable bonds is 5. The molecular formula is C21H22NO4PS. The molecule has 0 aliphatic rings. The van der Waals surface area contributed by atoms with E-state index in [0.29, 0.717) is 16.9 Å². The van der Waals surface area contributed by atoms with Crippen molar-refractivity contribution < 1.29 is 17.9 Å². The zero-order chi connectivity index (χ0) is 20.5. The molecular weight excluding hydrogens is 393 g/mol. The summed E-state index contributed by atoms with van der Waals surface area (Å²) in [5.74, 6) is -1.33. The van der Waals surface area contributed by atoms with Crippen LogP contribution in [0.2, 0.25) is 0 Å². The number of hydrogen-bond donors (Lipinski definition) is 1. The molecule has 5 nitrogen and oxygen atoms in total. The molecule has 2 atom stereocenters. The van der Waals surface area contributed by atoms with Gasteiger partial charge >= 0.3 is 0 Å². The largest absolute Gasteiger partial charge is 0.477 e. The SMILES string of the molecule is Cc1cc(C)c(S(=O)(=O)NC(=O)C(P)Oc2ccc3ccccc3c2)c(C)c1. The highest BCUT2D eigenvalue weighted by Crippen LogP contribution is 2.24. The van der Waals surface area contributed by atoms with Crippen LogP contribution in [-0.4, -0.2) is 20.2 Å². The lowest BCUT2D eigenvalue weighted by Crippen LogP contribution is -2.39. The maximum atomic E-state index is 12.7. The Morgan fingerprint density at radius 2 is 1.57 bits per heavy atom. The van der Waals surface area contributed by atoms with Gasteiger partial charge in [0.25, 0.3) is 15.9 Å². The summed E-state index contributed by atoms with van der Waals surface area (Å²) in [7, 11) is -1.77. The van der Waals surface area contributed by atoms with Gasteiger partial charge in [-0.05, 0) is 54.8 Å². The van der Waals surface area contributed by atoms with Crippen molar-refractivity contribution in [3.05, 3.63) is 71.3 Å². The molecule has 3 aromatic carbocycles. The Morgan fingerprint density at radius 3 is 2.21 bits per heavy atom. The van der Waals surface area contributed by atoms with Crippen molar-refractivity contribution in [2.45, 2.75) is 31.5 Å². The summed E-state index contributed by atoms with van der Waals surface area (Å²) in [6, 6.07) is 16.8.